The van der Waals surface area contributed by atoms with Gasteiger partial charge < -0.3 is 4.84 Å². The van der Waals surface area contributed by atoms with Crippen molar-refractivity contribution in [3.05, 3.63) is 0 Å². The van der Waals surface area contributed by atoms with E-state index < -0.39 is 6.17 Å². The van der Waals surface area contributed by atoms with Crippen LogP contribution in [0.15, 0.2) is 5.16 Å². The second-order valence-electron chi connectivity index (χ2n) is 5.29. The Morgan fingerprint density at radius 3 is 2.44 bits per heavy atom. The third kappa shape index (κ3) is 5.83. The minimum Gasteiger partial charge on any atom is -0.389 e. The number of oxime groups is 1. The highest BCUT2D eigenvalue weighted by Gasteiger charge is 2.28. The van der Waals surface area contributed by atoms with Gasteiger partial charge in [0.2, 0.25) is 0 Å². The van der Waals surface area contributed by atoms with Gasteiger partial charge in [-0.2, -0.15) is 0 Å². The molecule has 0 radical (unpaired) electrons. The van der Waals surface area contributed by atoms with Crippen molar-refractivity contribution in [2.24, 2.45) is 5.16 Å². The number of rotatable bonds is 10. The first-order chi connectivity index (χ1) is 8.77. The molecule has 0 amide bonds. The van der Waals surface area contributed by atoms with Gasteiger partial charge in [0.25, 0.3) is 0 Å². The first-order valence-electron chi connectivity index (χ1n) is 7.63. The zero-order valence-electron chi connectivity index (χ0n) is 12.0. The molecule has 0 saturated heterocycles. The second-order valence-corrected chi connectivity index (χ2v) is 5.29. The first-order valence-corrected chi connectivity index (χ1v) is 7.63. The molecule has 1 rings (SSSR count). The summed E-state index contributed by atoms with van der Waals surface area (Å²) in [6, 6.07) is 0. The van der Waals surface area contributed by atoms with Gasteiger partial charge in [0.15, 0.2) is 6.10 Å². The van der Waals surface area contributed by atoms with E-state index in [1.807, 2.05) is 6.92 Å². The number of halogens is 1. The van der Waals surface area contributed by atoms with Crippen molar-refractivity contribution in [2.75, 3.05) is 0 Å². The summed E-state index contributed by atoms with van der Waals surface area (Å²) in [4.78, 5) is 5.14. The minimum absolute atomic E-state index is 0.306. The van der Waals surface area contributed by atoms with E-state index in [9.17, 15) is 4.39 Å². The number of alkyl halides is 1. The smallest absolute Gasteiger partial charge is 0.163 e. The molecule has 0 N–H and O–H groups in total. The molecule has 0 unspecified atom stereocenters. The van der Waals surface area contributed by atoms with Crippen LogP contribution < -0.4 is 0 Å². The van der Waals surface area contributed by atoms with E-state index in [1.54, 1.807) is 0 Å². The molecule has 0 aromatic carbocycles. The van der Waals surface area contributed by atoms with Crippen LogP contribution >= 0.6 is 0 Å². The molecule has 0 spiro atoms. The summed E-state index contributed by atoms with van der Waals surface area (Å²) in [5, 5.41) is 3.91. The number of hydrogen-bond acceptors (Lipinski definition) is 2. The quantitative estimate of drug-likeness (QED) is 0.503. The van der Waals surface area contributed by atoms with E-state index in [0.717, 1.165) is 25.0 Å². The lowest BCUT2D eigenvalue weighted by atomic mass is 10.0. The SMILES string of the molecule is CCCCCCCCC[C@@H](F)[C@H]1CC(CC)=NO1. The molecule has 0 aromatic rings. The van der Waals surface area contributed by atoms with E-state index in [2.05, 4.69) is 12.1 Å². The number of nitrogens with zero attached hydrogens (tertiary/aromatic N) is 1. The predicted octanol–water partition coefficient (Wildman–Crippen LogP) is 5.02. The Hall–Kier alpha value is -0.600. The Morgan fingerprint density at radius 2 is 1.83 bits per heavy atom. The van der Waals surface area contributed by atoms with Gasteiger partial charge in [0.05, 0.1) is 5.71 Å². The molecule has 1 aliphatic heterocycles. The molecule has 0 bridgehead atoms. The number of unbranched alkanes of at least 4 members (excludes halogenated alkanes) is 6. The molecular weight excluding hydrogens is 229 g/mol. The normalized spacial score (nSPS) is 20.6. The fourth-order valence-electron chi connectivity index (χ4n) is 2.33. The monoisotopic (exact) mass is 257 g/mol. The summed E-state index contributed by atoms with van der Waals surface area (Å²) >= 11 is 0. The third-order valence-electron chi connectivity index (χ3n) is 3.65. The van der Waals surface area contributed by atoms with Crippen LogP contribution in [0.1, 0.15) is 78.1 Å². The van der Waals surface area contributed by atoms with E-state index in [1.165, 1.54) is 32.1 Å². The molecule has 0 fully saturated rings. The summed E-state index contributed by atoms with van der Waals surface area (Å²) in [6.45, 7) is 4.26. The summed E-state index contributed by atoms with van der Waals surface area (Å²) in [5.74, 6) is 0. The van der Waals surface area contributed by atoms with E-state index >= 15 is 0 Å². The molecule has 106 valence electrons. The topological polar surface area (TPSA) is 21.6 Å². The van der Waals surface area contributed by atoms with Gasteiger partial charge in [-0.1, -0.05) is 63.9 Å². The molecule has 1 aliphatic rings. The van der Waals surface area contributed by atoms with Crippen LogP contribution in [0.25, 0.3) is 0 Å². The molecule has 0 aliphatic carbocycles. The van der Waals surface area contributed by atoms with Crippen molar-refractivity contribution in [2.45, 2.75) is 90.3 Å². The van der Waals surface area contributed by atoms with Crippen LogP contribution in [0.4, 0.5) is 4.39 Å². The second kappa shape index (κ2) is 9.35. The van der Waals surface area contributed by atoms with Crippen molar-refractivity contribution in [1.82, 2.24) is 0 Å². The first kappa shape index (κ1) is 15.5. The Labute approximate surface area is 111 Å². The van der Waals surface area contributed by atoms with Crippen LogP contribution in [-0.4, -0.2) is 18.0 Å². The van der Waals surface area contributed by atoms with E-state index in [-0.39, 0.29) is 6.10 Å². The average Bonchev–Trinajstić information content (AvgIpc) is 2.86. The largest absolute Gasteiger partial charge is 0.389 e. The molecule has 1 heterocycles. The summed E-state index contributed by atoms with van der Waals surface area (Å²) in [7, 11) is 0. The average molecular weight is 257 g/mol. The zero-order chi connectivity index (χ0) is 13.2. The van der Waals surface area contributed by atoms with Crippen molar-refractivity contribution in [3.63, 3.8) is 0 Å². The molecule has 0 saturated carbocycles. The van der Waals surface area contributed by atoms with Crippen LogP contribution in [0.2, 0.25) is 0 Å². The van der Waals surface area contributed by atoms with Gasteiger partial charge in [-0.05, 0) is 12.8 Å². The Kier molecular flexibility index (Phi) is 8.03. The molecule has 2 atom stereocenters. The van der Waals surface area contributed by atoms with Crippen LogP contribution in [0.5, 0.6) is 0 Å². The third-order valence-corrected chi connectivity index (χ3v) is 3.65. The van der Waals surface area contributed by atoms with Crippen molar-refractivity contribution in [3.8, 4) is 0 Å². The van der Waals surface area contributed by atoms with Crippen LogP contribution in [0, 0.1) is 0 Å². The van der Waals surface area contributed by atoms with Crippen molar-refractivity contribution < 1.29 is 9.23 Å². The number of hydrogen-bond donors (Lipinski definition) is 0. The highest BCUT2D eigenvalue weighted by Crippen LogP contribution is 2.22. The lowest BCUT2D eigenvalue weighted by Gasteiger charge is -2.13. The molecular formula is C15H28FNO. The van der Waals surface area contributed by atoms with Gasteiger partial charge in [-0.25, -0.2) is 4.39 Å². The maximum atomic E-state index is 13.8. The van der Waals surface area contributed by atoms with Gasteiger partial charge >= 0.3 is 0 Å². The van der Waals surface area contributed by atoms with Crippen LogP contribution in [0.3, 0.4) is 0 Å². The van der Waals surface area contributed by atoms with E-state index in [4.69, 9.17) is 4.84 Å². The highest BCUT2D eigenvalue weighted by molar-refractivity contribution is 5.85. The van der Waals surface area contributed by atoms with E-state index in [0.29, 0.717) is 12.8 Å². The Bertz CT molecular complexity index is 243. The van der Waals surface area contributed by atoms with Crippen molar-refractivity contribution >= 4 is 5.71 Å². The molecule has 2 nitrogen and oxygen atoms in total. The summed E-state index contributed by atoms with van der Waals surface area (Å²) in [6.07, 6.45) is 9.67. The van der Waals surface area contributed by atoms with Crippen LogP contribution in [-0.2, 0) is 4.84 Å². The Morgan fingerprint density at radius 1 is 1.17 bits per heavy atom. The van der Waals surface area contributed by atoms with Gasteiger partial charge in [-0.3, -0.25) is 0 Å². The minimum atomic E-state index is -0.839. The standard InChI is InChI=1S/C15H28FNO/c1-3-5-6-7-8-9-10-11-14(16)15-12-13(4-2)17-18-15/h14-15H,3-12H2,1-2H3/t14-,15-/m1/s1. The molecule has 0 aromatic heterocycles. The lowest BCUT2D eigenvalue weighted by molar-refractivity contribution is 0.0191. The Balaban J connectivity index is 1.96. The molecule has 18 heavy (non-hydrogen) atoms. The maximum absolute atomic E-state index is 13.8. The zero-order valence-corrected chi connectivity index (χ0v) is 12.0. The van der Waals surface area contributed by atoms with Gasteiger partial charge in [0.1, 0.15) is 6.17 Å². The summed E-state index contributed by atoms with van der Waals surface area (Å²) < 4.78 is 13.8. The molecule has 3 heteroatoms. The fraction of sp³-hybridized carbons (Fsp3) is 0.933. The van der Waals surface area contributed by atoms with Gasteiger partial charge in [0, 0.05) is 6.42 Å². The van der Waals surface area contributed by atoms with Crippen molar-refractivity contribution in [1.29, 1.82) is 0 Å². The predicted molar refractivity (Wildman–Crippen MR) is 74.7 cm³/mol. The summed E-state index contributed by atoms with van der Waals surface area (Å²) in [5.41, 5.74) is 1.00. The highest BCUT2D eigenvalue weighted by atomic mass is 19.1. The van der Waals surface area contributed by atoms with Gasteiger partial charge in [-0.15, -0.1) is 0 Å². The fourth-order valence-corrected chi connectivity index (χ4v) is 2.33. The lowest BCUT2D eigenvalue weighted by Crippen LogP contribution is -2.22. The maximum Gasteiger partial charge on any atom is 0.163 e.